The Morgan fingerprint density at radius 1 is 1.48 bits per heavy atom. The number of nitrogens with two attached hydrogens (primary N) is 1. The number of benzene rings is 1. The number of carbonyl (C=O) groups is 1. The van der Waals surface area contributed by atoms with Crippen molar-refractivity contribution in [2.75, 3.05) is 32.0 Å². The highest BCUT2D eigenvalue weighted by atomic mass is 79.9. The highest BCUT2D eigenvalue weighted by molar-refractivity contribution is 9.10. The molecule has 21 heavy (non-hydrogen) atoms. The van der Waals surface area contributed by atoms with E-state index in [1.165, 1.54) is 0 Å². The smallest absolute Gasteiger partial charge is 0.254 e. The van der Waals surface area contributed by atoms with Gasteiger partial charge in [-0.25, -0.2) is 0 Å². The fourth-order valence-corrected chi connectivity index (χ4v) is 3.01. The van der Waals surface area contributed by atoms with E-state index in [0.29, 0.717) is 30.9 Å². The van der Waals surface area contributed by atoms with Gasteiger partial charge in [0.15, 0.2) is 0 Å². The summed E-state index contributed by atoms with van der Waals surface area (Å²) in [6.07, 6.45) is 1.73. The molecule has 0 radical (unpaired) electrons. The van der Waals surface area contributed by atoms with E-state index in [9.17, 15) is 4.79 Å². The van der Waals surface area contributed by atoms with E-state index in [2.05, 4.69) is 15.9 Å². The number of aliphatic hydroxyl groups is 1. The molecule has 0 unspecified atom stereocenters. The molecule has 0 atom stereocenters. The molecule has 5 nitrogen and oxygen atoms in total. The average molecular weight is 357 g/mol. The second-order valence-corrected chi connectivity index (χ2v) is 6.17. The van der Waals surface area contributed by atoms with Gasteiger partial charge in [0.2, 0.25) is 0 Å². The number of hydrogen-bond acceptors (Lipinski definition) is 4. The Hall–Kier alpha value is -1.11. The first-order valence-electron chi connectivity index (χ1n) is 7.10. The van der Waals surface area contributed by atoms with Crippen LogP contribution in [0.15, 0.2) is 16.6 Å². The number of nitrogen functional groups attached to an aromatic ring is 1. The molecule has 1 saturated heterocycles. The number of piperidine rings is 1. The Morgan fingerprint density at radius 2 is 2.14 bits per heavy atom. The van der Waals surface area contributed by atoms with Crippen LogP contribution >= 0.6 is 15.9 Å². The number of hydrogen-bond donors (Lipinski definition) is 2. The van der Waals surface area contributed by atoms with E-state index in [4.69, 9.17) is 15.6 Å². The normalized spacial score (nSPS) is 16.2. The lowest BCUT2D eigenvalue weighted by atomic mass is 10.0. The number of anilines is 1. The van der Waals surface area contributed by atoms with Crippen molar-refractivity contribution in [1.29, 1.82) is 0 Å². The minimum Gasteiger partial charge on any atom is -0.398 e. The second-order valence-electron chi connectivity index (χ2n) is 5.25. The van der Waals surface area contributed by atoms with Crippen LogP contribution in [0, 0.1) is 6.92 Å². The van der Waals surface area contributed by atoms with Crippen LogP contribution in [0.25, 0.3) is 0 Å². The lowest BCUT2D eigenvalue weighted by Crippen LogP contribution is -2.41. The summed E-state index contributed by atoms with van der Waals surface area (Å²) in [6.45, 7) is 3.60. The van der Waals surface area contributed by atoms with Crippen molar-refractivity contribution in [3.05, 3.63) is 27.7 Å². The van der Waals surface area contributed by atoms with E-state index >= 15 is 0 Å². The minimum absolute atomic E-state index is 0.0149. The molecular formula is C15H21BrN2O3. The SMILES string of the molecule is Cc1c(N)cc(Br)cc1C(=O)N1CCC(OCCO)CC1. The van der Waals surface area contributed by atoms with Crippen molar-refractivity contribution in [2.24, 2.45) is 0 Å². The van der Waals surface area contributed by atoms with Crippen molar-refractivity contribution < 1.29 is 14.6 Å². The fourth-order valence-electron chi connectivity index (χ4n) is 2.54. The van der Waals surface area contributed by atoms with Gasteiger partial charge in [0, 0.05) is 28.8 Å². The lowest BCUT2D eigenvalue weighted by molar-refractivity contribution is -0.00555. The van der Waals surface area contributed by atoms with Gasteiger partial charge in [-0.05, 0) is 37.5 Å². The lowest BCUT2D eigenvalue weighted by Gasteiger charge is -2.32. The highest BCUT2D eigenvalue weighted by Gasteiger charge is 2.25. The summed E-state index contributed by atoms with van der Waals surface area (Å²) in [5.41, 5.74) is 8.01. The van der Waals surface area contributed by atoms with Gasteiger partial charge in [-0.15, -0.1) is 0 Å². The third kappa shape index (κ3) is 3.96. The number of carbonyl (C=O) groups excluding carboxylic acids is 1. The first-order valence-corrected chi connectivity index (χ1v) is 7.89. The fraction of sp³-hybridized carbons (Fsp3) is 0.533. The molecule has 116 valence electrons. The average Bonchev–Trinajstić information content (AvgIpc) is 2.48. The topological polar surface area (TPSA) is 75.8 Å². The van der Waals surface area contributed by atoms with Gasteiger partial charge in [-0.1, -0.05) is 15.9 Å². The Bertz CT molecular complexity index is 514. The zero-order valence-electron chi connectivity index (χ0n) is 12.1. The summed E-state index contributed by atoms with van der Waals surface area (Å²) in [7, 11) is 0. The van der Waals surface area contributed by atoms with E-state index in [0.717, 1.165) is 22.9 Å². The molecule has 1 aliphatic heterocycles. The Morgan fingerprint density at radius 3 is 2.76 bits per heavy atom. The summed E-state index contributed by atoms with van der Waals surface area (Å²) < 4.78 is 6.33. The predicted molar refractivity (Wildman–Crippen MR) is 85.3 cm³/mol. The van der Waals surface area contributed by atoms with Gasteiger partial charge in [0.05, 0.1) is 19.3 Å². The predicted octanol–water partition coefficient (Wildman–Crippen LogP) is 1.95. The van der Waals surface area contributed by atoms with Gasteiger partial charge in [0.1, 0.15) is 0 Å². The van der Waals surface area contributed by atoms with Crippen molar-refractivity contribution in [1.82, 2.24) is 4.90 Å². The summed E-state index contributed by atoms with van der Waals surface area (Å²) in [5.74, 6) is 0.0149. The van der Waals surface area contributed by atoms with Crippen LogP contribution < -0.4 is 5.73 Å². The standard InChI is InChI=1S/C15H21BrN2O3/c1-10-13(8-11(16)9-14(10)17)15(20)18-4-2-12(3-5-18)21-7-6-19/h8-9,12,19H,2-7,17H2,1H3. The molecule has 0 bridgehead atoms. The van der Waals surface area contributed by atoms with E-state index in [1.54, 1.807) is 6.07 Å². The molecule has 0 spiro atoms. The van der Waals surface area contributed by atoms with Gasteiger partial charge >= 0.3 is 0 Å². The number of ether oxygens (including phenoxy) is 1. The zero-order chi connectivity index (χ0) is 15.4. The van der Waals surface area contributed by atoms with Crippen LogP contribution in [0.3, 0.4) is 0 Å². The van der Waals surface area contributed by atoms with Crippen LogP contribution in [-0.2, 0) is 4.74 Å². The number of likely N-dealkylation sites (tertiary alicyclic amines) is 1. The van der Waals surface area contributed by atoms with Gasteiger partial charge in [-0.3, -0.25) is 4.79 Å². The van der Waals surface area contributed by atoms with Crippen LogP contribution in [0.4, 0.5) is 5.69 Å². The molecule has 1 heterocycles. The number of halogens is 1. The number of aliphatic hydroxyl groups excluding tert-OH is 1. The molecule has 1 aromatic carbocycles. The minimum atomic E-state index is 0.0149. The number of rotatable bonds is 4. The molecule has 0 aromatic heterocycles. The van der Waals surface area contributed by atoms with Crippen LogP contribution in [0.5, 0.6) is 0 Å². The molecule has 1 amide bonds. The number of amides is 1. The van der Waals surface area contributed by atoms with Crippen LogP contribution in [0.1, 0.15) is 28.8 Å². The van der Waals surface area contributed by atoms with Gasteiger partial charge in [-0.2, -0.15) is 0 Å². The third-order valence-corrected chi connectivity index (χ3v) is 4.27. The maximum atomic E-state index is 12.6. The first kappa shape index (κ1) is 16.3. The summed E-state index contributed by atoms with van der Waals surface area (Å²) >= 11 is 3.38. The zero-order valence-corrected chi connectivity index (χ0v) is 13.7. The second kappa shape index (κ2) is 7.24. The molecule has 1 aliphatic rings. The van der Waals surface area contributed by atoms with Crippen molar-refractivity contribution in [3.8, 4) is 0 Å². The Balaban J connectivity index is 2.02. The molecule has 3 N–H and O–H groups in total. The molecule has 1 fully saturated rings. The largest absolute Gasteiger partial charge is 0.398 e. The maximum Gasteiger partial charge on any atom is 0.254 e. The van der Waals surface area contributed by atoms with E-state index < -0.39 is 0 Å². The van der Waals surface area contributed by atoms with Crippen LogP contribution in [-0.4, -0.2) is 48.3 Å². The molecule has 2 rings (SSSR count). The summed E-state index contributed by atoms with van der Waals surface area (Å²) in [4.78, 5) is 14.5. The Labute approximate surface area is 133 Å². The molecule has 1 aromatic rings. The molecular weight excluding hydrogens is 336 g/mol. The van der Waals surface area contributed by atoms with Crippen molar-refractivity contribution >= 4 is 27.5 Å². The van der Waals surface area contributed by atoms with Gasteiger partial charge in [0.25, 0.3) is 5.91 Å². The van der Waals surface area contributed by atoms with E-state index in [1.807, 2.05) is 17.9 Å². The first-order chi connectivity index (χ1) is 10.0. The number of nitrogens with zero attached hydrogens (tertiary/aromatic N) is 1. The van der Waals surface area contributed by atoms with E-state index in [-0.39, 0.29) is 18.6 Å². The monoisotopic (exact) mass is 356 g/mol. The highest BCUT2D eigenvalue weighted by Crippen LogP contribution is 2.25. The van der Waals surface area contributed by atoms with Crippen molar-refractivity contribution in [3.63, 3.8) is 0 Å². The quantitative estimate of drug-likeness (QED) is 0.808. The van der Waals surface area contributed by atoms with Gasteiger partial charge < -0.3 is 20.5 Å². The maximum absolute atomic E-state index is 12.6. The van der Waals surface area contributed by atoms with Crippen LogP contribution in [0.2, 0.25) is 0 Å². The molecule has 0 saturated carbocycles. The Kier molecular flexibility index (Phi) is 5.61. The summed E-state index contributed by atoms with van der Waals surface area (Å²) in [6, 6.07) is 3.63. The summed E-state index contributed by atoms with van der Waals surface area (Å²) in [5, 5.41) is 8.76. The molecule has 0 aliphatic carbocycles. The molecule has 6 heteroatoms. The van der Waals surface area contributed by atoms with Crippen molar-refractivity contribution in [2.45, 2.75) is 25.9 Å². The third-order valence-electron chi connectivity index (χ3n) is 3.82.